The number of aliphatic imine (C=N–C) groups is 1. The third kappa shape index (κ3) is 4.68. The Morgan fingerprint density at radius 2 is 2.11 bits per heavy atom. The Morgan fingerprint density at radius 3 is 2.58 bits per heavy atom. The smallest absolute Gasteiger partial charge is 0.194 e. The van der Waals surface area contributed by atoms with E-state index in [0.29, 0.717) is 12.0 Å². The first-order chi connectivity index (χ1) is 8.86. The van der Waals surface area contributed by atoms with Crippen molar-refractivity contribution >= 4 is 5.96 Å². The van der Waals surface area contributed by atoms with Gasteiger partial charge in [-0.15, -0.1) is 0 Å². The summed E-state index contributed by atoms with van der Waals surface area (Å²) in [6.45, 7) is 14.0. The van der Waals surface area contributed by atoms with Crippen molar-refractivity contribution in [3.05, 3.63) is 0 Å². The summed E-state index contributed by atoms with van der Waals surface area (Å²) in [5.41, 5.74) is -0.294. The Balaban J connectivity index is 2.70. The molecule has 1 aliphatic heterocycles. The van der Waals surface area contributed by atoms with Crippen molar-refractivity contribution < 1.29 is 5.11 Å². The molecule has 2 unspecified atom stereocenters. The fraction of sp³-hybridized carbons (Fsp3) is 0.933. The first kappa shape index (κ1) is 16.3. The van der Waals surface area contributed by atoms with Gasteiger partial charge in [-0.25, -0.2) is 0 Å². The molecule has 0 spiro atoms. The van der Waals surface area contributed by atoms with Gasteiger partial charge in [-0.05, 0) is 38.5 Å². The van der Waals surface area contributed by atoms with Crippen molar-refractivity contribution in [2.75, 3.05) is 26.2 Å². The maximum atomic E-state index is 10.1. The Hall–Kier alpha value is -0.770. The predicted octanol–water partition coefficient (Wildman–Crippen LogP) is 2.23. The van der Waals surface area contributed by atoms with E-state index in [1.54, 1.807) is 0 Å². The molecule has 1 heterocycles. The van der Waals surface area contributed by atoms with Crippen molar-refractivity contribution in [1.29, 1.82) is 0 Å². The summed E-state index contributed by atoms with van der Waals surface area (Å²) in [6.07, 6.45) is 3.15. The number of guanidine groups is 1. The highest BCUT2D eigenvalue weighted by atomic mass is 16.3. The van der Waals surface area contributed by atoms with Gasteiger partial charge in [0.15, 0.2) is 5.96 Å². The summed E-state index contributed by atoms with van der Waals surface area (Å²) >= 11 is 0. The molecule has 19 heavy (non-hydrogen) atoms. The second kappa shape index (κ2) is 6.60. The molecule has 1 fully saturated rings. The lowest BCUT2D eigenvalue weighted by molar-refractivity contribution is 0.0654. The van der Waals surface area contributed by atoms with Gasteiger partial charge in [0.25, 0.3) is 0 Å². The van der Waals surface area contributed by atoms with Crippen LogP contribution in [-0.2, 0) is 0 Å². The first-order valence-electron chi connectivity index (χ1n) is 7.61. The molecular weight excluding hydrogens is 238 g/mol. The topological polar surface area (TPSA) is 47.9 Å². The van der Waals surface area contributed by atoms with Crippen LogP contribution in [0.2, 0.25) is 0 Å². The molecule has 0 bridgehead atoms. The van der Waals surface area contributed by atoms with Gasteiger partial charge in [-0.2, -0.15) is 0 Å². The minimum atomic E-state index is -0.700. The highest BCUT2D eigenvalue weighted by molar-refractivity contribution is 5.80. The molecular formula is C15H31N3O. The van der Waals surface area contributed by atoms with Gasteiger partial charge < -0.3 is 15.3 Å². The van der Waals surface area contributed by atoms with Crippen molar-refractivity contribution in [3.8, 4) is 0 Å². The van der Waals surface area contributed by atoms with Crippen LogP contribution in [0.5, 0.6) is 0 Å². The van der Waals surface area contributed by atoms with Gasteiger partial charge in [0.1, 0.15) is 0 Å². The number of hydrogen-bond donors (Lipinski definition) is 2. The number of likely N-dealkylation sites (tertiary alicyclic amines) is 1. The summed E-state index contributed by atoms with van der Waals surface area (Å²) in [5.74, 6) is 0.952. The van der Waals surface area contributed by atoms with E-state index >= 15 is 0 Å². The van der Waals surface area contributed by atoms with Crippen LogP contribution in [-0.4, -0.2) is 47.7 Å². The molecule has 2 N–H and O–H groups in total. The highest BCUT2D eigenvalue weighted by Gasteiger charge is 2.33. The summed E-state index contributed by atoms with van der Waals surface area (Å²) < 4.78 is 0. The van der Waals surface area contributed by atoms with Crippen LogP contribution < -0.4 is 5.32 Å². The second-order valence-corrected chi connectivity index (χ2v) is 6.36. The number of rotatable bonds is 5. The largest absolute Gasteiger partial charge is 0.388 e. The molecule has 4 nitrogen and oxygen atoms in total. The number of nitrogens with one attached hydrogen (secondary N) is 1. The monoisotopic (exact) mass is 269 g/mol. The quantitative estimate of drug-likeness (QED) is 0.594. The van der Waals surface area contributed by atoms with E-state index in [2.05, 4.69) is 36.0 Å². The molecule has 0 aromatic heterocycles. The first-order valence-corrected chi connectivity index (χ1v) is 7.61. The lowest BCUT2D eigenvalue weighted by atomic mass is 9.87. The van der Waals surface area contributed by atoms with Crippen LogP contribution in [0.1, 0.15) is 53.9 Å². The normalized spacial score (nSPS) is 27.5. The summed E-state index contributed by atoms with van der Waals surface area (Å²) in [6, 6.07) is 0. The average Bonchev–Trinajstić information content (AvgIpc) is 2.78. The van der Waals surface area contributed by atoms with Crippen molar-refractivity contribution in [1.82, 2.24) is 10.2 Å². The Bertz CT molecular complexity index is 315. The molecule has 1 aliphatic rings. The minimum absolute atomic E-state index is 0.406. The highest BCUT2D eigenvalue weighted by Crippen LogP contribution is 2.32. The molecule has 0 radical (unpaired) electrons. The molecule has 1 rings (SSSR count). The Labute approximate surface area is 118 Å². The van der Waals surface area contributed by atoms with Crippen LogP contribution in [0.25, 0.3) is 0 Å². The van der Waals surface area contributed by atoms with E-state index in [0.717, 1.165) is 32.0 Å². The fourth-order valence-electron chi connectivity index (χ4n) is 2.28. The SMILES string of the molecule is CCNC(=NCC(C)(O)CC)N1CCC(C)(CC)C1. The van der Waals surface area contributed by atoms with Gasteiger partial charge in [0.2, 0.25) is 0 Å². The van der Waals surface area contributed by atoms with E-state index in [1.807, 2.05) is 13.8 Å². The zero-order valence-corrected chi connectivity index (χ0v) is 13.3. The van der Waals surface area contributed by atoms with Gasteiger partial charge in [0.05, 0.1) is 12.1 Å². The van der Waals surface area contributed by atoms with E-state index in [-0.39, 0.29) is 0 Å². The zero-order valence-electron chi connectivity index (χ0n) is 13.3. The van der Waals surface area contributed by atoms with E-state index < -0.39 is 5.60 Å². The summed E-state index contributed by atoms with van der Waals surface area (Å²) in [5, 5.41) is 13.4. The Kier molecular flexibility index (Phi) is 5.65. The van der Waals surface area contributed by atoms with Gasteiger partial charge in [-0.3, -0.25) is 4.99 Å². The standard InChI is InChI=1S/C15H31N3O/c1-6-14(4)9-10-18(12-14)13(16-8-3)17-11-15(5,19)7-2/h19H,6-12H2,1-5H3,(H,16,17). The van der Waals surface area contributed by atoms with Gasteiger partial charge >= 0.3 is 0 Å². The minimum Gasteiger partial charge on any atom is -0.388 e. The third-order valence-electron chi connectivity index (χ3n) is 4.38. The molecule has 1 saturated heterocycles. The molecule has 0 saturated carbocycles. The Morgan fingerprint density at radius 1 is 1.42 bits per heavy atom. The lowest BCUT2D eigenvalue weighted by Crippen LogP contribution is -2.42. The van der Waals surface area contributed by atoms with Gasteiger partial charge in [-0.1, -0.05) is 20.8 Å². The summed E-state index contributed by atoms with van der Waals surface area (Å²) in [4.78, 5) is 6.95. The van der Waals surface area contributed by atoms with Crippen LogP contribution in [0.15, 0.2) is 4.99 Å². The lowest BCUT2D eigenvalue weighted by Gasteiger charge is -2.26. The van der Waals surface area contributed by atoms with Gasteiger partial charge in [0, 0.05) is 19.6 Å². The van der Waals surface area contributed by atoms with Crippen molar-refractivity contribution in [2.24, 2.45) is 10.4 Å². The van der Waals surface area contributed by atoms with Crippen molar-refractivity contribution in [3.63, 3.8) is 0 Å². The number of hydrogen-bond acceptors (Lipinski definition) is 2. The number of aliphatic hydroxyl groups is 1. The molecule has 4 heteroatoms. The predicted molar refractivity (Wildman–Crippen MR) is 81.5 cm³/mol. The zero-order chi connectivity index (χ0) is 14.5. The van der Waals surface area contributed by atoms with Crippen LogP contribution in [0, 0.1) is 5.41 Å². The second-order valence-electron chi connectivity index (χ2n) is 6.36. The summed E-state index contributed by atoms with van der Waals surface area (Å²) in [7, 11) is 0. The number of nitrogens with zero attached hydrogens (tertiary/aromatic N) is 2. The molecule has 2 atom stereocenters. The fourth-order valence-corrected chi connectivity index (χ4v) is 2.28. The molecule has 0 aliphatic carbocycles. The average molecular weight is 269 g/mol. The van der Waals surface area contributed by atoms with Crippen LogP contribution in [0.4, 0.5) is 0 Å². The third-order valence-corrected chi connectivity index (χ3v) is 4.38. The van der Waals surface area contributed by atoms with Crippen molar-refractivity contribution in [2.45, 2.75) is 59.5 Å². The van der Waals surface area contributed by atoms with E-state index in [9.17, 15) is 5.11 Å². The molecule has 112 valence electrons. The molecule has 0 aromatic rings. The maximum Gasteiger partial charge on any atom is 0.194 e. The van der Waals surface area contributed by atoms with E-state index in [1.165, 1.54) is 12.8 Å². The van der Waals surface area contributed by atoms with Crippen LogP contribution in [0.3, 0.4) is 0 Å². The molecule has 0 amide bonds. The molecule has 0 aromatic carbocycles. The maximum absolute atomic E-state index is 10.1. The van der Waals surface area contributed by atoms with E-state index in [4.69, 9.17) is 0 Å². The van der Waals surface area contributed by atoms with Crippen LogP contribution >= 0.6 is 0 Å².